The van der Waals surface area contributed by atoms with Gasteiger partial charge in [-0.1, -0.05) is 23.8 Å². The van der Waals surface area contributed by atoms with Crippen LogP contribution in [0.3, 0.4) is 0 Å². The Bertz CT molecular complexity index is 640. The zero-order valence-corrected chi connectivity index (χ0v) is 13.4. The fourth-order valence-electron chi connectivity index (χ4n) is 2.11. The highest BCUT2D eigenvalue weighted by atomic mass is 79.9. The van der Waals surface area contributed by atoms with Gasteiger partial charge in [0.05, 0.1) is 0 Å². The van der Waals surface area contributed by atoms with Crippen LogP contribution >= 0.6 is 15.9 Å². The first-order valence-electron chi connectivity index (χ1n) is 6.40. The van der Waals surface area contributed by atoms with Crippen molar-refractivity contribution in [2.45, 2.75) is 20.4 Å². The van der Waals surface area contributed by atoms with Gasteiger partial charge in [0.25, 0.3) is 5.91 Å². The van der Waals surface area contributed by atoms with Crippen LogP contribution in [0, 0.1) is 13.8 Å². The Morgan fingerprint density at radius 1 is 1.25 bits per heavy atom. The molecule has 0 aliphatic heterocycles. The fraction of sp³-hybridized carbons (Fsp3) is 0.250. The summed E-state index contributed by atoms with van der Waals surface area (Å²) in [5.41, 5.74) is 4.25. The predicted octanol–water partition coefficient (Wildman–Crippen LogP) is 3.73. The maximum Gasteiger partial charge on any atom is 0.254 e. The van der Waals surface area contributed by atoms with E-state index in [9.17, 15) is 4.79 Å². The molecule has 0 aliphatic carbocycles. The average molecular weight is 333 g/mol. The van der Waals surface area contributed by atoms with Crippen LogP contribution in [0.15, 0.2) is 41.1 Å². The van der Waals surface area contributed by atoms with Crippen LogP contribution in [-0.4, -0.2) is 22.8 Å². The molecule has 0 spiro atoms. The fourth-order valence-corrected chi connectivity index (χ4v) is 2.47. The van der Waals surface area contributed by atoms with Gasteiger partial charge in [0.2, 0.25) is 0 Å². The smallest absolute Gasteiger partial charge is 0.254 e. The van der Waals surface area contributed by atoms with E-state index in [1.807, 2.05) is 7.05 Å². The number of rotatable bonds is 3. The lowest BCUT2D eigenvalue weighted by Gasteiger charge is -2.19. The molecule has 1 amide bonds. The zero-order valence-electron chi connectivity index (χ0n) is 11.9. The van der Waals surface area contributed by atoms with Crippen LogP contribution in [0.25, 0.3) is 0 Å². The number of aryl methyl sites for hydroxylation is 2. The molecule has 0 aliphatic rings. The van der Waals surface area contributed by atoms with Gasteiger partial charge in [-0.3, -0.25) is 4.79 Å². The molecule has 104 valence electrons. The first kappa shape index (κ1) is 14.7. The van der Waals surface area contributed by atoms with Crippen molar-refractivity contribution in [3.63, 3.8) is 0 Å². The SMILES string of the molecule is Cc1ccc(CN(C)C(=O)c2ccnc(Br)c2)c(C)c1. The second-order valence-corrected chi connectivity index (χ2v) is 5.77. The summed E-state index contributed by atoms with van der Waals surface area (Å²) in [6.07, 6.45) is 1.63. The highest BCUT2D eigenvalue weighted by Gasteiger charge is 2.13. The van der Waals surface area contributed by atoms with E-state index in [4.69, 9.17) is 0 Å². The summed E-state index contributed by atoms with van der Waals surface area (Å²) in [5.74, 6) is -0.00641. The molecular weight excluding hydrogens is 316 g/mol. The number of amides is 1. The first-order chi connectivity index (χ1) is 9.47. The second-order valence-electron chi connectivity index (χ2n) is 4.96. The Labute approximate surface area is 127 Å². The van der Waals surface area contributed by atoms with Crippen molar-refractivity contribution < 1.29 is 4.79 Å². The standard InChI is InChI=1S/C16H17BrN2O/c1-11-4-5-14(12(2)8-11)10-19(3)16(20)13-6-7-18-15(17)9-13/h4-9H,10H2,1-3H3. The molecule has 0 N–H and O–H groups in total. The van der Waals surface area contributed by atoms with Crippen LogP contribution in [0.1, 0.15) is 27.0 Å². The summed E-state index contributed by atoms with van der Waals surface area (Å²) in [6, 6.07) is 9.75. The van der Waals surface area contributed by atoms with E-state index in [1.54, 1.807) is 23.2 Å². The lowest BCUT2D eigenvalue weighted by molar-refractivity contribution is 0.0784. The average Bonchev–Trinajstić information content (AvgIpc) is 2.41. The summed E-state index contributed by atoms with van der Waals surface area (Å²) in [4.78, 5) is 18.1. The van der Waals surface area contributed by atoms with E-state index in [-0.39, 0.29) is 5.91 Å². The van der Waals surface area contributed by atoms with Crippen LogP contribution in [-0.2, 0) is 6.54 Å². The molecular formula is C16H17BrN2O. The molecule has 0 fully saturated rings. The van der Waals surface area contributed by atoms with Crippen molar-refractivity contribution >= 4 is 21.8 Å². The number of benzene rings is 1. The van der Waals surface area contributed by atoms with E-state index < -0.39 is 0 Å². The Hall–Kier alpha value is -1.68. The van der Waals surface area contributed by atoms with Crippen LogP contribution in [0.2, 0.25) is 0 Å². The molecule has 2 rings (SSSR count). The minimum atomic E-state index is -0.00641. The molecule has 20 heavy (non-hydrogen) atoms. The summed E-state index contributed by atoms with van der Waals surface area (Å²) in [5, 5.41) is 0. The number of pyridine rings is 1. The normalized spacial score (nSPS) is 10.4. The number of nitrogens with zero attached hydrogens (tertiary/aromatic N) is 2. The topological polar surface area (TPSA) is 33.2 Å². The molecule has 0 bridgehead atoms. The molecule has 2 aromatic rings. The summed E-state index contributed by atoms with van der Waals surface area (Å²) >= 11 is 3.28. The molecule has 0 unspecified atom stereocenters. The Morgan fingerprint density at radius 2 is 2.00 bits per heavy atom. The molecule has 3 nitrogen and oxygen atoms in total. The summed E-state index contributed by atoms with van der Waals surface area (Å²) < 4.78 is 0.670. The van der Waals surface area contributed by atoms with Gasteiger partial charge in [-0.25, -0.2) is 4.98 Å². The third kappa shape index (κ3) is 3.45. The summed E-state index contributed by atoms with van der Waals surface area (Å²) in [6.45, 7) is 4.74. The number of halogens is 1. The first-order valence-corrected chi connectivity index (χ1v) is 7.20. The van der Waals surface area contributed by atoms with Crippen LogP contribution in [0.4, 0.5) is 0 Å². The number of carbonyl (C=O) groups excluding carboxylic acids is 1. The molecule has 4 heteroatoms. The molecule has 0 atom stereocenters. The molecule has 0 radical (unpaired) electrons. The lowest BCUT2D eigenvalue weighted by atomic mass is 10.1. The predicted molar refractivity (Wildman–Crippen MR) is 83.7 cm³/mol. The van der Waals surface area contributed by atoms with Crippen LogP contribution in [0.5, 0.6) is 0 Å². The molecule has 1 aromatic carbocycles. The van der Waals surface area contributed by atoms with Gasteiger partial charge in [0.15, 0.2) is 0 Å². The third-order valence-corrected chi connectivity index (χ3v) is 3.66. The zero-order chi connectivity index (χ0) is 14.7. The minimum absolute atomic E-state index is 0.00641. The Morgan fingerprint density at radius 3 is 2.65 bits per heavy atom. The highest BCUT2D eigenvalue weighted by Crippen LogP contribution is 2.15. The van der Waals surface area contributed by atoms with E-state index in [2.05, 4.69) is 53.0 Å². The Kier molecular flexibility index (Phi) is 4.55. The summed E-state index contributed by atoms with van der Waals surface area (Å²) in [7, 11) is 1.82. The van der Waals surface area contributed by atoms with Gasteiger partial charge >= 0.3 is 0 Å². The van der Waals surface area contributed by atoms with E-state index >= 15 is 0 Å². The molecule has 1 aromatic heterocycles. The van der Waals surface area contributed by atoms with Gasteiger partial charge in [0.1, 0.15) is 4.60 Å². The van der Waals surface area contributed by atoms with Gasteiger partial charge in [-0.05, 0) is 53.0 Å². The monoisotopic (exact) mass is 332 g/mol. The van der Waals surface area contributed by atoms with Crippen molar-refractivity contribution in [1.29, 1.82) is 0 Å². The number of hydrogen-bond acceptors (Lipinski definition) is 2. The number of hydrogen-bond donors (Lipinski definition) is 0. The highest BCUT2D eigenvalue weighted by molar-refractivity contribution is 9.10. The van der Waals surface area contributed by atoms with Gasteiger partial charge < -0.3 is 4.90 Å². The van der Waals surface area contributed by atoms with E-state index in [0.29, 0.717) is 16.7 Å². The largest absolute Gasteiger partial charge is 0.337 e. The van der Waals surface area contributed by atoms with Crippen molar-refractivity contribution in [3.8, 4) is 0 Å². The number of carbonyl (C=O) groups is 1. The Balaban J connectivity index is 2.15. The second kappa shape index (κ2) is 6.18. The maximum absolute atomic E-state index is 12.4. The van der Waals surface area contributed by atoms with Gasteiger partial charge in [-0.2, -0.15) is 0 Å². The van der Waals surface area contributed by atoms with E-state index in [1.165, 1.54) is 16.7 Å². The quantitative estimate of drug-likeness (QED) is 0.802. The third-order valence-electron chi connectivity index (χ3n) is 3.23. The van der Waals surface area contributed by atoms with Crippen molar-refractivity contribution in [2.24, 2.45) is 0 Å². The molecule has 0 saturated heterocycles. The van der Waals surface area contributed by atoms with Crippen LogP contribution < -0.4 is 0 Å². The van der Waals surface area contributed by atoms with Crippen molar-refractivity contribution in [3.05, 3.63) is 63.4 Å². The lowest BCUT2D eigenvalue weighted by Crippen LogP contribution is -2.26. The van der Waals surface area contributed by atoms with Crippen molar-refractivity contribution in [1.82, 2.24) is 9.88 Å². The van der Waals surface area contributed by atoms with Gasteiger partial charge in [-0.15, -0.1) is 0 Å². The molecule has 1 heterocycles. The molecule has 0 saturated carbocycles. The van der Waals surface area contributed by atoms with Crippen molar-refractivity contribution in [2.75, 3.05) is 7.05 Å². The number of aromatic nitrogens is 1. The minimum Gasteiger partial charge on any atom is -0.337 e. The maximum atomic E-state index is 12.4. The van der Waals surface area contributed by atoms with Gasteiger partial charge in [0, 0.05) is 25.4 Å². The van der Waals surface area contributed by atoms with E-state index in [0.717, 1.165) is 0 Å².